The van der Waals surface area contributed by atoms with Crippen LogP contribution >= 0.6 is 0 Å². The Labute approximate surface area is 117 Å². The van der Waals surface area contributed by atoms with Crippen LogP contribution in [0.3, 0.4) is 0 Å². The van der Waals surface area contributed by atoms with Crippen LogP contribution < -0.4 is 5.48 Å². The lowest BCUT2D eigenvalue weighted by molar-refractivity contribution is 0.0705. The van der Waals surface area contributed by atoms with Gasteiger partial charge in [0.25, 0.3) is 5.91 Å². The fourth-order valence-electron chi connectivity index (χ4n) is 3.56. The number of piperidine rings is 1. The van der Waals surface area contributed by atoms with Gasteiger partial charge in [0, 0.05) is 29.8 Å². The normalized spacial score (nSPS) is 25.7. The summed E-state index contributed by atoms with van der Waals surface area (Å²) in [5.41, 5.74) is 2.28. The number of rotatable bonds is 3. The van der Waals surface area contributed by atoms with Crippen LogP contribution in [0.15, 0.2) is 18.2 Å². The van der Waals surface area contributed by atoms with E-state index in [1.807, 2.05) is 0 Å². The van der Waals surface area contributed by atoms with Gasteiger partial charge in [0.2, 0.25) is 0 Å². The van der Waals surface area contributed by atoms with Crippen LogP contribution in [-0.4, -0.2) is 28.1 Å². The summed E-state index contributed by atoms with van der Waals surface area (Å²) in [5.74, 6) is -1.07. The molecule has 1 amide bonds. The molecular weight excluding hydrogens is 259 g/mol. The first-order chi connectivity index (χ1) is 9.69. The molecule has 3 rings (SSSR count). The highest BCUT2D eigenvalue weighted by atomic mass is 19.1. The van der Waals surface area contributed by atoms with Gasteiger partial charge in [-0.1, -0.05) is 12.5 Å². The molecule has 2 unspecified atom stereocenters. The SMILES string of the molecule is O=C(NO)c1ccc(CN2C3CCCC2CC3)c(F)c1. The lowest BCUT2D eigenvalue weighted by atomic mass is 10.0. The van der Waals surface area contributed by atoms with Crippen molar-refractivity contribution in [1.29, 1.82) is 0 Å². The van der Waals surface area contributed by atoms with Crippen molar-refractivity contribution in [3.63, 3.8) is 0 Å². The van der Waals surface area contributed by atoms with Crippen LogP contribution in [0.1, 0.15) is 48.0 Å². The topological polar surface area (TPSA) is 52.6 Å². The molecule has 5 heteroatoms. The van der Waals surface area contributed by atoms with Crippen molar-refractivity contribution in [3.05, 3.63) is 35.1 Å². The summed E-state index contributed by atoms with van der Waals surface area (Å²) in [6, 6.07) is 5.57. The highest BCUT2D eigenvalue weighted by Gasteiger charge is 2.36. The third-order valence-corrected chi connectivity index (χ3v) is 4.62. The van der Waals surface area contributed by atoms with Gasteiger partial charge in [-0.05, 0) is 37.8 Å². The van der Waals surface area contributed by atoms with Crippen LogP contribution in [0.25, 0.3) is 0 Å². The van der Waals surface area contributed by atoms with Crippen LogP contribution in [0, 0.1) is 5.82 Å². The number of benzene rings is 1. The quantitative estimate of drug-likeness (QED) is 0.659. The highest BCUT2D eigenvalue weighted by Crippen LogP contribution is 2.36. The van der Waals surface area contributed by atoms with Crippen molar-refractivity contribution in [3.8, 4) is 0 Å². The van der Waals surface area contributed by atoms with Crippen molar-refractivity contribution < 1.29 is 14.4 Å². The number of hydrogen-bond acceptors (Lipinski definition) is 3. The summed E-state index contributed by atoms with van der Waals surface area (Å²) in [4.78, 5) is 13.7. The molecular formula is C15H19FN2O2. The molecule has 0 aliphatic carbocycles. The van der Waals surface area contributed by atoms with E-state index in [2.05, 4.69) is 4.90 Å². The predicted molar refractivity (Wildman–Crippen MR) is 71.9 cm³/mol. The van der Waals surface area contributed by atoms with Crippen molar-refractivity contribution in [2.45, 2.75) is 50.7 Å². The van der Waals surface area contributed by atoms with E-state index in [0.29, 0.717) is 24.2 Å². The van der Waals surface area contributed by atoms with Gasteiger partial charge >= 0.3 is 0 Å². The number of hydrogen-bond donors (Lipinski definition) is 2. The summed E-state index contributed by atoms with van der Waals surface area (Å²) >= 11 is 0. The minimum Gasteiger partial charge on any atom is -0.293 e. The number of carbonyl (C=O) groups is 1. The number of carbonyl (C=O) groups excluding carboxylic acids is 1. The Morgan fingerprint density at radius 1 is 1.30 bits per heavy atom. The van der Waals surface area contributed by atoms with Crippen molar-refractivity contribution in [2.75, 3.05) is 0 Å². The molecule has 2 bridgehead atoms. The molecule has 0 aromatic heterocycles. The third-order valence-electron chi connectivity index (χ3n) is 4.62. The van der Waals surface area contributed by atoms with Crippen LogP contribution in [0.5, 0.6) is 0 Å². The Bertz CT molecular complexity index is 505. The second-order valence-corrected chi connectivity index (χ2v) is 5.74. The van der Waals surface area contributed by atoms with Gasteiger partial charge < -0.3 is 0 Å². The molecule has 1 aromatic rings. The maximum absolute atomic E-state index is 14.1. The summed E-state index contributed by atoms with van der Waals surface area (Å²) in [6.45, 7) is 0.613. The summed E-state index contributed by atoms with van der Waals surface area (Å²) in [6.07, 6.45) is 6.14. The minimum atomic E-state index is -0.687. The molecule has 2 aliphatic rings. The molecule has 20 heavy (non-hydrogen) atoms. The summed E-state index contributed by atoms with van der Waals surface area (Å²) < 4.78 is 14.1. The van der Waals surface area contributed by atoms with E-state index in [1.54, 1.807) is 12.1 Å². The zero-order chi connectivity index (χ0) is 14.1. The van der Waals surface area contributed by atoms with Crippen LogP contribution in [-0.2, 0) is 6.54 Å². The van der Waals surface area contributed by atoms with Gasteiger partial charge in [-0.3, -0.25) is 14.9 Å². The molecule has 2 heterocycles. The number of hydroxylamine groups is 1. The first-order valence-electron chi connectivity index (χ1n) is 7.17. The Kier molecular flexibility index (Phi) is 3.72. The predicted octanol–water partition coefficient (Wildman–Crippen LogP) is 2.46. The maximum atomic E-state index is 14.1. The van der Waals surface area contributed by atoms with E-state index in [9.17, 15) is 9.18 Å². The van der Waals surface area contributed by atoms with Gasteiger partial charge in [-0.25, -0.2) is 9.87 Å². The van der Waals surface area contributed by atoms with E-state index in [-0.39, 0.29) is 11.4 Å². The number of nitrogens with zero attached hydrogens (tertiary/aromatic N) is 1. The zero-order valence-electron chi connectivity index (χ0n) is 11.3. The molecule has 0 saturated carbocycles. The first-order valence-corrected chi connectivity index (χ1v) is 7.17. The lowest BCUT2D eigenvalue weighted by Crippen LogP contribution is -2.39. The van der Waals surface area contributed by atoms with E-state index >= 15 is 0 Å². The molecule has 2 fully saturated rings. The van der Waals surface area contributed by atoms with Crippen molar-refractivity contribution >= 4 is 5.91 Å². The smallest absolute Gasteiger partial charge is 0.274 e. The summed E-state index contributed by atoms with van der Waals surface area (Å²) in [5, 5.41) is 8.56. The van der Waals surface area contributed by atoms with Crippen molar-refractivity contribution in [1.82, 2.24) is 10.4 Å². The average molecular weight is 278 g/mol. The Hall–Kier alpha value is -1.46. The largest absolute Gasteiger partial charge is 0.293 e. The molecule has 2 saturated heterocycles. The van der Waals surface area contributed by atoms with Crippen LogP contribution in [0.4, 0.5) is 4.39 Å². The number of halogens is 1. The fourth-order valence-corrected chi connectivity index (χ4v) is 3.56. The summed E-state index contributed by atoms with van der Waals surface area (Å²) in [7, 11) is 0. The minimum absolute atomic E-state index is 0.135. The van der Waals surface area contributed by atoms with Gasteiger partial charge in [0.1, 0.15) is 5.82 Å². The van der Waals surface area contributed by atoms with E-state index in [4.69, 9.17) is 5.21 Å². The number of fused-ring (bicyclic) bond motifs is 2. The van der Waals surface area contributed by atoms with E-state index in [0.717, 1.165) is 0 Å². The zero-order valence-corrected chi connectivity index (χ0v) is 11.3. The van der Waals surface area contributed by atoms with Crippen LogP contribution in [0.2, 0.25) is 0 Å². The van der Waals surface area contributed by atoms with Gasteiger partial charge in [-0.15, -0.1) is 0 Å². The molecule has 108 valence electrons. The third kappa shape index (κ3) is 2.43. The van der Waals surface area contributed by atoms with E-state index in [1.165, 1.54) is 43.7 Å². The molecule has 0 radical (unpaired) electrons. The Morgan fingerprint density at radius 3 is 2.60 bits per heavy atom. The second kappa shape index (κ2) is 5.50. The lowest BCUT2D eigenvalue weighted by Gasteiger charge is -2.34. The van der Waals surface area contributed by atoms with Gasteiger partial charge in [0.15, 0.2) is 0 Å². The molecule has 2 atom stereocenters. The monoisotopic (exact) mass is 278 g/mol. The maximum Gasteiger partial charge on any atom is 0.274 e. The number of nitrogens with one attached hydrogen (secondary N) is 1. The average Bonchev–Trinajstić information content (AvgIpc) is 2.69. The standard InChI is InChI=1S/C15H19FN2O2/c16-14-8-10(15(19)17-20)4-5-11(14)9-18-12-2-1-3-13(18)7-6-12/h4-5,8,12-13,20H,1-3,6-7,9H2,(H,17,19). The molecule has 2 aliphatic heterocycles. The second-order valence-electron chi connectivity index (χ2n) is 5.74. The first kappa shape index (κ1) is 13.5. The van der Waals surface area contributed by atoms with Gasteiger partial charge in [-0.2, -0.15) is 0 Å². The molecule has 4 nitrogen and oxygen atoms in total. The van der Waals surface area contributed by atoms with E-state index < -0.39 is 5.91 Å². The fraction of sp³-hybridized carbons (Fsp3) is 0.533. The van der Waals surface area contributed by atoms with Gasteiger partial charge in [0.05, 0.1) is 0 Å². The van der Waals surface area contributed by atoms with Crippen molar-refractivity contribution in [2.24, 2.45) is 0 Å². The highest BCUT2D eigenvalue weighted by molar-refractivity contribution is 5.93. The Morgan fingerprint density at radius 2 is 2.00 bits per heavy atom. The molecule has 1 aromatic carbocycles. The molecule has 2 N–H and O–H groups in total. The number of amides is 1. The molecule has 0 spiro atoms. The Balaban J connectivity index is 1.76.